The highest BCUT2D eigenvalue weighted by atomic mass is 35.5. The summed E-state index contributed by atoms with van der Waals surface area (Å²) in [5.41, 5.74) is 2.42. The van der Waals surface area contributed by atoms with E-state index in [1.165, 1.54) is 16.7 Å². The maximum absolute atomic E-state index is 13.9. The average Bonchev–Trinajstić information content (AvgIpc) is 2.89. The molecule has 0 fully saturated rings. The summed E-state index contributed by atoms with van der Waals surface area (Å²) in [5.74, 6) is -0.451. The molecule has 4 aromatic rings. The molecule has 0 unspecified atom stereocenters. The summed E-state index contributed by atoms with van der Waals surface area (Å²) in [6.45, 7) is 5.78. The largest absolute Gasteiger partial charge is 0.492 e. The predicted octanol–water partition coefficient (Wildman–Crippen LogP) is 6.15. The van der Waals surface area contributed by atoms with Crippen LogP contribution in [0.4, 0.5) is 0 Å². The smallest absolute Gasteiger partial charge is 0.277 e. The Balaban J connectivity index is 1.87. The van der Waals surface area contributed by atoms with Crippen LogP contribution in [-0.2, 0) is 16.3 Å². The number of unbranched alkanes of at least 4 members (excludes halogenated alkanes) is 1. The standard InChI is InChI=1S/C29H30ClN3O4S/c1-4-6-12-26-32-28(34)27(29(35)33(26)25(5-2)21-9-7-10-22(30)18-21)38(36,37)23-15-13-20(14-16-23)24-11-8-17-31-19(24)3/h7-11,13-18,25,34H,4-6,12H2,1-3H3/t25-/m0/s1. The van der Waals surface area contributed by atoms with Gasteiger partial charge in [0.05, 0.1) is 10.9 Å². The van der Waals surface area contributed by atoms with E-state index < -0.39 is 32.2 Å². The zero-order valence-electron chi connectivity index (χ0n) is 21.6. The molecule has 2 aromatic heterocycles. The van der Waals surface area contributed by atoms with Crippen molar-refractivity contribution in [3.05, 3.63) is 99.3 Å². The SMILES string of the molecule is CCCCc1nc(O)c(S(=O)(=O)c2ccc(-c3cccnc3C)cc2)c(=O)n1[C@@H](CC)c1cccc(Cl)c1. The van der Waals surface area contributed by atoms with Gasteiger partial charge in [0.2, 0.25) is 15.7 Å². The Labute approximate surface area is 227 Å². The monoisotopic (exact) mass is 551 g/mol. The number of halogens is 1. The molecule has 0 aliphatic rings. The van der Waals surface area contributed by atoms with Crippen molar-refractivity contribution in [2.75, 3.05) is 0 Å². The van der Waals surface area contributed by atoms with Crippen molar-refractivity contribution in [1.29, 1.82) is 0 Å². The molecule has 0 aliphatic heterocycles. The lowest BCUT2D eigenvalue weighted by molar-refractivity contribution is 0.406. The van der Waals surface area contributed by atoms with Gasteiger partial charge < -0.3 is 5.11 Å². The summed E-state index contributed by atoms with van der Waals surface area (Å²) < 4.78 is 28.8. The molecule has 2 aromatic carbocycles. The fourth-order valence-corrected chi connectivity index (χ4v) is 6.16. The lowest BCUT2D eigenvalue weighted by Gasteiger charge is -2.23. The number of aromatic hydroxyl groups is 1. The third-order valence-corrected chi connectivity index (χ3v) is 8.59. The van der Waals surface area contributed by atoms with Crippen LogP contribution in [0.2, 0.25) is 5.02 Å². The Morgan fingerprint density at radius 3 is 2.42 bits per heavy atom. The van der Waals surface area contributed by atoms with E-state index in [0.717, 1.165) is 35.2 Å². The lowest BCUT2D eigenvalue weighted by atomic mass is 10.0. The number of benzene rings is 2. The van der Waals surface area contributed by atoms with Crippen LogP contribution in [0.3, 0.4) is 0 Å². The summed E-state index contributed by atoms with van der Waals surface area (Å²) in [6, 6.07) is 16.5. The van der Waals surface area contributed by atoms with Gasteiger partial charge in [-0.05, 0) is 61.2 Å². The van der Waals surface area contributed by atoms with Crippen LogP contribution in [0.5, 0.6) is 5.88 Å². The van der Waals surface area contributed by atoms with E-state index in [1.807, 2.05) is 39.0 Å². The first-order chi connectivity index (χ1) is 18.2. The van der Waals surface area contributed by atoms with Gasteiger partial charge in [-0.1, -0.05) is 62.2 Å². The number of rotatable bonds is 9. The lowest BCUT2D eigenvalue weighted by Crippen LogP contribution is -2.33. The highest BCUT2D eigenvalue weighted by Crippen LogP contribution is 2.31. The third-order valence-electron chi connectivity index (χ3n) is 6.57. The topological polar surface area (TPSA) is 102 Å². The van der Waals surface area contributed by atoms with E-state index in [-0.39, 0.29) is 4.90 Å². The minimum atomic E-state index is -4.39. The van der Waals surface area contributed by atoms with Gasteiger partial charge >= 0.3 is 0 Å². The molecule has 9 heteroatoms. The summed E-state index contributed by atoms with van der Waals surface area (Å²) in [4.78, 5) is 21.6. The number of sulfone groups is 1. The number of aromatic nitrogens is 3. The van der Waals surface area contributed by atoms with Gasteiger partial charge in [0.25, 0.3) is 5.56 Å². The van der Waals surface area contributed by atoms with Crippen molar-refractivity contribution < 1.29 is 13.5 Å². The Kier molecular flexibility index (Phi) is 8.33. The van der Waals surface area contributed by atoms with Crippen LogP contribution < -0.4 is 5.56 Å². The Bertz CT molecular complexity index is 1620. The van der Waals surface area contributed by atoms with Gasteiger partial charge in [-0.3, -0.25) is 14.3 Å². The highest BCUT2D eigenvalue weighted by Gasteiger charge is 2.31. The second-order valence-corrected chi connectivity index (χ2v) is 11.4. The molecule has 198 valence electrons. The molecule has 2 heterocycles. The number of nitrogens with zero attached hydrogens (tertiary/aromatic N) is 3. The molecule has 0 amide bonds. The van der Waals surface area contributed by atoms with Crippen LogP contribution in [0.25, 0.3) is 11.1 Å². The number of hydrogen-bond donors (Lipinski definition) is 1. The Hall–Kier alpha value is -3.49. The molecule has 1 atom stereocenters. The van der Waals surface area contributed by atoms with Crippen LogP contribution >= 0.6 is 11.6 Å². The van der Waals surface area contributed by atoms with E-state index in [0.29, 0.717) is 23.7 Å². The number of pyridine rings is 1. The normalized spacial score (nSPS) is 12.4. The number of aryl methyl sites for hydroxylation is 2. The fourth-order valence-electron chi connectivity index (χ4n) is 4.62. The van der Waals surface area contributed by atoms with Crippen LogP contribution in [0, 0.1) is 6.92 Å². The average molecular weight is 552 g/mol. The molecule has 0 radical (unpaired) electrons. The molecule has 1 N–H and O–H groups in total. The predicted molar refractivity (Wildman–Crippen MR) is 149 cm³/mol. The Morgan fingerprint density at radius 2 is 1.79 bits per heavy atom. The molecular formula is C29H30ClN3O4S. The van der Waals surface area contributed by atoms with E-state index in [2.05, 4.69) is 9.97 Å². The first-order valence-electron chi connectivity index (χ1n) is 12.6. The van der Waals surface area contributed by atoms with E-state index in [1.54, 1.807) is 36.5 Å². The van der Waals surface area contributed by atoms with Crippen molar-refractivity contribution in [3.8, 4) is 17.0 Å². The van der Waals surface area contributed by atoms with E-state index in [4.69, 9.17) is 11.6 Å². The van der Waals surface area contributed by atoms with Crippen molar-refractivity contribution in [2.45, 2.75) is 62.3 Å². The zero-order valence-corrected chi connectivity index (χ0v) is 23.1. The zero-order chi connectivity index (χ0) is 27.4. The second-order valence-electron chi connectivity index (χ2n) is 9.10. The minimum absolute atomic E-state index is 0.111. The molecule has 4 rings (SSSR count). The van der Waals surface area contributed by atoms with Crippen LogP contribution in [0.15, 0.2) is 81.4 Å². The molecule has 0 bridgehead atoms. The van der Waals surface area contributed by atoms with Crippen LogP contribution in [0.1, 0.15) is 56.2 Å². The molecule has 7 nitrogen and oxygen atoms in total. The number of hydrogen-bond acceptors (Lipinski definition) is 6. The maximum Gasteiger partial charge on any atom is 0.277 e. The summed E-state index contributed by atoms with van der Waals surface area (Å²) in [7, 11) is -4.39. The van der Waals surface area contributed by atoms with Crippen molar-refractivity contribution in [2.24, 2.45) is 0 Å². The molecule has 0 aliphatic carbocycles. The van der Waals surface area contributed by atoms with Gasteiger partial charge in [0, 0.05) is 28.9 Å². The molecular weight excluding hydrogens is 522 g/mol. The van der Waals surface area contributed by atoms with E-state index in [9.17, 15) is 18.3 Å². The Morgan fingerprint density at radius 1 is 1.05 bits per heavy atom. The second kappa shape index (κ2) is 11.5. The molecule has 0 saturated heterocycles. The summed E-state index contributed by atoms with van der Waals surface area (Å²) >= 11 is 6.23. The highest BCUT2D eigenvalue weighted by molar-refractivity contribution is 7.91. The first kappa shape index (κ1) is 27.5. The van der Waals surface area contributed by atoms with Crippen LogP contribution in [-0.4, -0.2) is 28.1 Å². The van der Waals surface area contributed by atoms with Gasteiger partial charge in [-0.25, -0.2) is 8.42 Å². The minimum Gasteiger partial charge on any atom is -0.492 e. The first-order valence-corrected chi connectivity index (χ1v) is 14.4. The fraction of sp³-hybridized carbons (Fsp3) is 0.276. The maximum atomic E-state index is 13.9. The van der Waals surface area contributed by atoms with Gasteiger partial charge in [-0.15, -0.1) is 0 Å². The molecule has 0 saturated carbocycles. The van der Waals surface area contributed by atoms with Crippen molar-refractivity contribution in [1.82, 2.24) is 14.5 Å². The van der Waals surface area contributed by atoms with Crippen molar-refractivity contribution >= 4 is 21.4 Å². The van der Waals surface area contributed by atoms with Gasteiger partial charge in [-0.2, -0.15) is 4.98 Å². The molecule has 0 spiro atoms. The summed E-state index contributed by atoms with van der Waals surface area (Å²) in [5, 5.41) is 11.3. The van der Waals surface area contributed by atoms with E-state index >= 15 is 0 Å². The van der Waals surface area contributed by atoms with Gasteiger partial charge in [0.1, 0.15) is 5.82 Å². The summed E-state index contributed by atoms with van der Waals surface area (Å²) in [6.07, 6.45) is 4.16. The van der Waals surface area contributed by atoms with Gasteiger partial charge in [0.15, 0.2) is 4.90 Å². The quantitative estimate of drug-likeness (QED) is 0.268. The van der Waals surface area contributed by atoms with Crippen molar-refractivity contribution in [3.63, 3.8) is 0 Å². The molecule has 38 heavy (non-hydrogen) atoms. The third kappa shape index (κ3) is 5.37.